The average molecular weight is 245 g/mol. The van der Waals surface area contributed by atoms with Crippen LogP contribution in [-0.2, 0) is 0 Å². The van der Waals surface area contributed by atoms with Crippen molar-refractivity contribution in [1.82, 2.24) is 4.90 Å². The lowest BCUT2D eigenvalue weighted by molar-refractivity contribution is 0.0215. The number of rotatable bonds is 2. The summed E-state index contributed by atoms with van der Waals surface area (Å²) in [7, 11) is 1.67. The summed E-state index contributed by atoms with van der Waals surface area (Å²) in [4.78, 5) is 2.31. The Labute approximate surface area is 108 Å². The first-order chi connectivity index (χ1) is 8.78. The monoisotopic (exact) mass is 245 g/mol. The number of aliphatic hydroxyl groups is 1. The van der Waals surface area contributed by atoms with Gasteiger partial charge in [-0.2, -0.15) is 0 Å². The number of benzene rings is 1. The van der Waals surface area contributed by atoms with E-state index >= 15 is 0 Å². The molecule has 0 unspecified atom stereocenters. The van der Waals surface area contributed by atoms with Gasteiger partial charge in [0.15, 0.2) is 0 Å². The molecule has 1 atom stereocenters. The molecule has 0 aromatic heterocycles. The highest BCUT2D eigenvalue weighted by molar-refractivity contribution is 5.55. The van der Waals surface area contributed by atoms with E-state index in [9.17, 15) is 5.11 Å². The lowest BCUT2D eigenvalue weighted by atomic mass is 9.83. The van der Waals surface area contributed by atoms with Gasteiger partial charge in [-0.05, 0) is 42.5 Å². The van der Waals surface area contributed by atoms with Crippen LogP contribution in [0.4, 0.5) is 0 Å². The molecule has 0 aliphatic carbocycles. The normalized spacial score (nSPS) is 28.8. The summed E-state index contributed by atoms with van der Waals surface area (Å²) in [6, 6.07) is 7.97. The van der Waals surface area contributed by atoms with E-state index < -0.39 is 0 Å². The molecule has 2 bridgehead atoms. The van der Waals surface area contributed by atoms with Gasteiger partial charge in [-0.15, -0.1) is 0 Å². The summed E-state index contributed by atoms with van der Waals surface area (Å²) in [5, 5.41) is 10.3. The Kier molecular flexibility index (Phi) is 3.00. The van der Waals surface area contributed by atoms with Gasteiger partial charge in [-0.3, -0.25) is 0 Å². The molecule has 3 heteroatoms. The molecular formula is C15H19NO2. The molecule has 0 amide bonds. The van der Waals surface area contributed by atoms with E-state index in [2.05, 4.69) is 11.0 Å². The Morgan fingerprint density at radius 2 is 1.89 bits per heavy atom. The lowest BCUT2D eigenvalue weighted by Crippen LogP contribution is -2.48. The number of fused-ring (bicyclic) bond motifs is 3. The zero-order valence-electron chi connectivity index (χ0n) is 10.7. The fourth-order valence-corrected chi connectivity index (χ4v) is 2.95. The Bertz CT molecular complexity index is 440. The van der Waals surface area contributed by atoms with Gasteiger partial charge in [0.1, 0.15) is 5.75 Å². The predicted octanol–water partition coefficient (Wildman–Crippen LogP) is 2.12. The maximum Gasteiger partial charge on any atom is 0.118 e. The number of ether oxygens (including phenoxy) is 1. The zero-order chi connectivity index (χ0) is 12.5. The average Bonchev–Trinajstić information content (AvgIpc) is 2.44. The van der Waals surface area contributed by atoms with Crippen LogP contribution in [0.1, 0.15) is 18.4 Å². The van der Waals surface area contributed by atoms with Crippen molar-refractivity contribution >= 4 is 6.08 Å². The molecule has 0 radical (unpaired) electrons. The minimum absolute atomic E-state index is 0.283. The molecule has 96 valence electrons. The lowest BCUT2D eigenvalue weighted by Gasteiger charge is -2.45. The molecule has 1 aromatic rings. The Morgan fingerprint density at radius 3 is 2.44 bits per heavy atom. The highest BCUT2D eigenvalue weighted by atomic mass is 16.5. The molecule has 3 saturated heterocycles. The van der Waals surface area contributed by atoms with Crippen LogP contribution >= 0.6 is 0 Å². The van der Waals surface area contributed by atoms with Gasteiger partial charge >= 0.3 is 0 Å². The van der Waals surface area contributed by atoms with Crippen molar-refractivity contribution in [2.45, 2.75) is 18.9 Å². The van der Waals surface area contributed by atoms with E-state index in [1.807, 2.05) is 24.3 Å². The minimum atomic E-state index is -0.283. The van der Waals surface area contributed by atoms with Gasteiger partial charge in [0, 0.05) is 18.8 Å². The summed E-state index contributed by atoms with van der Waals surface area (Å²) in [5.74, 6) is 1.32. The van der Waals surface area contributed by atoms with Gasteiger partial charge in [-0.1, -0.05) is 12.1 Å². The van der Waals surface area contributed by atoms with E-state index in [4.69, 9.17) is 4.74 Å². The first-order valence-corrected chi connectivity index (χ1v) is 6.56. The third-order valence-corrected chi connectivity index (χ3v) is 4.08. The van der Waals surface area contributed by atoms with Gasteiger partial charge in [0.05, 0.1) is 13.2 Å². The molecule has 3 heterocycles. The molecule has 1 N–H and O–H groups in total. The molecule has 3 fully saturated rings. The number of nitrogens with zero attached hydrogens (tertiary/aromatic N) is 1. The van der Waals surface area contributed by atoms with Gasteiger partial charge in [-0.25, -0.2) is 0 Å². The van der Waals surface area contributed by atoms with Crippen molar-refractivity contribution in [1.29, 1.82) is 0 Å². The SMILES string of the molecule is COc1ccc(/C=C2/[C@@H](O)C3CCN2CC3)cc1. The maximum atomic E-state index is 10.3. The van der Waals surface area contributed by atoms with Crippen LogP contribution in [0.2, 0.25) is 0 Å². The molecule has 4 rings (SSSR count). The van der Waals surface area contributed by atoms with Gasteiger partial charge < -0.3 is 14.7 Å². The maximum absolute atomic E-state index is 10.3. The Balaban J connectivity index is 1.86. The third-order valence-electron chi connectivity index (χ3n) is 4.08. The molecule has 3 nitrogen and oxygen atoms in total. The molecule has 3 aliphatic rings. The summed E-state index contributed by atoms with van der Waals surface area (Å²) >= 11 is 0. The second kappa shape index (κ2) is 4.65. The zero-order valence-corrected chi connectivity index (χ0v) is 10.7. The van der Waals surface area contributed by atoms with E-state index in [0.29, 0.717) is 5.92 Å². The summed E-state index contributed by atoms with van der Waals surface area (Å²) < 4.78 is 5.15. The minimum Gasteiger partial charge on any atom is -0.497 e. The van der Waals surface area contributed by atoms with Crippen LogP contribution in [0.15, 0.2) is 30.0 Å². The van der Waals surface area contributed by atoms with E-state index in [0.717, 1.165) is 42.9 Å². The summed E-state index contributed by atoms with van der Waals surface area (Å²) in [5.41, 5.74) is 2.21. The van der Waals surface area contributed by atoms with Crippen LogP contribution in [0, 0.1) is 5.92 Å². The highest BCUT2D eigenvalue weighted by Gasteiger charge is 2.36. The largest absolute Gasteiger partial charge is 0.497 e. The van der Waals surface area contributed by atoms with Crippen LogP contribution in [0.25, 0.3) is 6.08 Å². The first-order valence-electron chi connectivity index (χ1n) is 6.56. The van der Waals surface area contributed by atoms with Crippen LogP contribution in [0.3, 0.4) is 0 Å². The van der Waals surface area contributed by atoms with Gasteiger partial charge in [0.25, 0.3) is 0 Å². The predicted molar refractivity (Wildman–Crippen MR) is 71.3 cm³/mol. The van der Waals surface area contributed by atoms with Crippen molar-refractivity contribution in [3.8, 4) is 5.75 Å². The molecule has 18 heavy (non-hydrogen) atoms. The van der Waals surface area contributed by atoms with Crippen LogP contribution in [-0.4, -0.2) is 36.3 Å². The van der Waals surface area contributed by atoms with Crippen molar-refractivity contribution < 1.29 is 9.84 Å². The molecule has 0 saturated carbocycles. The molecule has 3 aliphatic heterocycles. The molecule has 0 spiro atoms. The van der Waals surface area contributed by atoms with E-state index in [1.165, 1.54) is 0 Å². The third kappa shape index (κ3) is 1.99. The summed E-state index contributed by atoms with van der Waals surface area (Å²) in [6.07, 6.45) is 4.08. The number of hydrogen-bond donors (Lipinski definition) is 1. The summed E-state index contributed by atoms with van der Waals surface area (Å²) in [6.45, 7) is 2.17. The quantitative estimate of drug-likeness (QED) is 0.866. The number of piperidine rings is 3. The highest BCUT2D eigenvalue weighted by Crippen LogP contribution is 2.35. The number of methoxy groups -OCH3 is 1. The van der Waals surface area contributed by atoms with E-state index in [-0.39, 0.29) is 6.10 Å². The Hall–Kier alpha value is -1.48. The van der Waals surface area contributed by atoms with Crippen molar-refractivity contribution in [2.75, 3.05) is 20.2 Å². The first kappa shape index (κ1) is 11.6. The van der Waals surface area contributed by atoms with Crippen molar-refractivity contribution in [3.63, 3.8) is 0 Å². The van der Waals surface area contributed by atoms with Crippen molar-refractivity contribution in [3.05, 3.63) is 35.5 Å². The smallest absolute Gasteiger partial charge is 0.118 e. The van der Waals surface area contributed by atoms with Crippen LogP contribution in [0.5, 0.6) is 5.75 Å². The Morgan fingerprint density at radius 1 is 1.22 bits per heavy atom. The van der Waals surface area contributed by atoms with Gasteiger partial charge in [0.2, 0.25) is 0 Å². The number of aliphatic hydroxyl groups excluding tert-OH is 1. The topological polar surface area (TPSA) is 32.7 Å². The van der Waals surface area contributed by atoms with Crippen LogP contribution < -0.4 is 4.74 Å². The second-order valence-electron chi connectivity index (χ2n) is 5.11. The molecule has 1 aromatic carbocycles. The number of hydrogen-bond acceptors (Lipinski definition) is 3. The molecular weight excluding hydrogens is 226 g/mol. The standard InChI is InChI=1S/C15H19NO2/c1-18-13-4-2-11(3-5-13)10-14-15(17)12-6-8-16(14)9-7-12/h2-5,10,12,15,17H,6-9H2,1H3/b14-10-/t15-/m0/s1. The fraction of sp³-hybridized carbons (Fsp3) is 0.467. The van der Waals surface area contributed by atoms with E-state index in [1.54, 1.807) is 7.11 Å². The second-order valence-corrected chi connectivity index (χ2v) is 5.11. The van der Waals surface area contributed by atoms with Crippen molar-refractivity contribution in [2.24, 2.45) is 5.92 Å². The fourth-order valence-electron chi connectivity index (χ4n) is 2.95.